The lowest BCUT2D eigenvalue weighted by atomic mass is 10.0. The van der Waals surface area contributed by atoms with Gasteiger partial charge in [-0.05, 0) is 6.42 Å². The van der Waals surface area contributed by atoms with Gasteiger partial charge < -0.3 is 20.6 Å². The molecule has 4 nitrogen and oxygen atoms in total. The topological polar surface area (TPSA) is 72.7 Å². The Hall–Kier alpha value is -0.160. The molecule has 66 valence electrons. The molecule has 0 bridgehead atoms. The molecule has 1 fully saturated rings. The zero-order chi connectivity index (χ0) is 8.43. The predicted octanol–water partition coefficient (Wildman–Crippen LogP) is -1.55. The lowest BCUT2D eigenvalue weighted by Gasteiger charge is -2.20. The second-order valence-corrected chi connectivity index (χ2v) is 2.97. The number of β-amino-alcohol motifs (C(OH)–C–C–N with tert-alkyl or cyclic N) is 1. The Kier molecular flexibility index (Phi) is 2.84. The number of hydrogen-bond donors (Lipinski definition) is 4. The summed E-state index contributed by atoms with van der Waals surface area (Å²) in [5, 5.41) is 30.5. The Labute approximate surface area is 65.9 Å². The SMILES string of the molecule is CC[C@H](O)[C@H]1NC[C@@H](O)[C@@H]1O. The first kappa shape index (κ1) is 8.93. The maximum Gasteiger partial charge on any atom is 0.0989 e. The first-order chi connectivity index (χ1) is 5.16. The highest BCUT2D eigenvalue weighted by atomic mass is 16.3. The van der Waals surface area contributed by atoms with E-state index in [0.29, 0.717) is 13.0 Å². The summed E-state index contributed by atoms with van der Waals surface area (Å²) < 4.78 is 0. The Morgan fingerprint density at radius 1 is 1.55 bits per heavy atom. The molecule has 1 aliphatic rings. The fourth-order valence-electron chi connectivity index (χ4n) is 1.36. The summed E-state index contributed by atoms with van der Waals surface area (Å²) >= 11 is 0. The van der Waals surface area contributed by atoms with E-state index in [2.05, 4.69) is 5.32 Å². The highest BCUT2D eigenvalue weighted by Gasteiger charge is 2.36. The van der Waals surface area contributed by atoms with Gasteiger partial charge >= 0.3 is 0 Å². The van der Waals surface area contributed by atoms with Crippen molar-refractivity contribution in [3.05, 3.63) is 0 Å². The standard InChI is InChI=1S/C7H15NO3/c1-2-4(9)6-7(11)5(10)3-8-6/h4-11H,2-3H2,1H3/t4-,5+,6+,7-/m0/s1. The number of hydrogen-bond acceptors (Lipinski definition) is 4. The van der Waals surface area contributed by atoms with Crippen molar-refractivity contribution in [3.8, 4) is 0 Å². The van der Waals surface area contributed by atoms with Crippen molar-refractivity contribution in [1.29, 1.82) is 0 Å². The molecule has 0 aromatic rings. The zero-order valence-corrected chi connectivity index (χ0v) is 6.57. The lowest BCUT2D eigenvalue weighted by Crippen LogP contribution is -2.42. The van der Waals surface area contributed by atoms with E-state index in [1.54, 1.807) is 0 Å². The average molecular weight is 161 g/mol. The van der Waals surface area contributed by atoms with Gasteiger partial charge in [0.2, 0.25) is 0 Å². The van der Waals surface area contributed by atoms with Gasteiger partial charge in [-0.15, -0.1) is 0 Å². The summed E-state index contributed by atoms with van der Waals surface area (Å²) in [7, 11) is 0. The van der Waals surface area contributed by atoms with Crippen molar-refractivity contribution in [2.24, 2.45) is 0 Å². The van der Waals surface area contributed by atoms with Crippen LogP contribution in [-0.2, 0) is 0 Å². The Balaban J connectivity index is 2.47. The van der Waals surface area contributed by atoms with Gasteiger partial charge in [-0.3, -0.25) is 0 Å². The first-order valence-electron chi connectivity index (χ1n) is 3.94. The third-order valence-corrected chi connectivity index (χ3v) is 2.16. The van der Waals surface area contributed by atoms with Crippen LogP contribution in [0.1, 0.15) is 13.3 Å². The summed E-state index contributed by atoms with van der Waals surface area (Å²) in [5.41, 5.74) is 0. The molecule has 0 unspecified atom stereocenters. The second kappa shape index (κ2) is 3.49. The molecule has 4 atom stereocenters. The van der Waals surface area contributed by atoms with E-state index in [9.17, 15) is 10.2 Å². The van der Waals surface area contributed by atoms with Gasteiger partial charge in [-0.2, -0.15) is 0 Å². The molecule has 11 heavy (non-hydrogen) atoms. The Bertz CT molecular complexity index is 131. The molecule has 0 radical (unpaired) electrons. The van der Waals surface area contributed by atoms with Crippen LogP contribution in [0.15, 0.2) is 0 Å². The quantitative estimate of drug-likeness (QED) is 0.396. The van der Waals surface area contributed by atoms with Gasteiger partial charge in [0, 0.05) is 6.54 Å². The van der Waals surface area contributed by atoms with Crippen LogP contribution >= 0.6 is 0 Å². The van der Waals surface area contributed by atoms with E-state index >= 15 is 0 Å². The number of rotatable bonds is 2. The van der Waals surface area contributed by atoms with Crippen LogP contribution in [-0.4, -0.2) is 46.2 Å². The summed E-state index contributed by atoms with van der Waals surface area (Å²) in [4.78, 5) is 0. The van der Waals surface area contributed by atoms with E-state index in [-0.39, 0.29) is 6.04 Å². The van der Waals surface area contributed by atoms with Gasteiger partial charge in [0.05, 0.1) is 24.4 Å². The molecular weight excluding hydrogens is 146 g/mol. The van der Waals surface area contributed by atoms with Gasteiger partial charge in [0.25, 0.3) is 0 Å². The van der Waals surface area contributed by atoms with Crippen LogP contribution in [0.5, 0.6) is 0 Å². The van der Waals surface area contributed by atoms with Crippen molar-refractivity contribution in [3.63, 3.8) is 0 Å². The minimum absolute atomic E-state index is 0.364. The normalized spacial score (nSPS) is 40.9. The molecule has 1 heterocycles. The molecule has 1 aliphatic heterocycles. The summed E-state index contributed by atoms with van der Waals surface area (Å²) in [6, 6.07) is -0.366. The van der Waals surface area contributed by atoms with Crippen LogP contribution in [0.3, 0.4) is 0 Å². The largest absolute Gasteiger partial charge is 0.391 e. The fraction of sp³-hybridized carbons (Fsp3) is 1.00. The summed E-state index contributed by atoms with van der Waals surface area (Å²) in [6.07, 6.45) is -1.55. The van der Waals surface area contributed by atoms with E-state index in [0.717, 1.165) is 0 Å². The van der Waals surface area contributed by atoms with E-state index < -0.39 is 18.3 Å². The minimum Gasteiger partial charge on any atom is -0.391 e. The van der Waals surface area contributed by atoms with Crippen molar-refractivity contribution < 1.29 is 15.3 Å². The summed E-state index contributed by atoms with van der Waals surface area (Å²) in [5.74, 6) is 0. The van der Waals surface area contributed by atoms with E-state index in [1.807, 2.05) is 6.92 Å². The van der Waals surface area contributed by atoms with E-state index in [1.165, 1.54) is 0 Å². The number of aliphatic hydroxyl groups excluding tert-OH is 3. The van der Waals surface area contributed by atoms with Crippen LogP contribution < -0.4 is 5.32 Å². The maximum absolute atomic E-state index is 9.31. The highest BCUT2D eigenvalue weighted by molar-refractivity contribution is 4.93. The zero-order valence-electron chi connectivity index (χ0n) is 6.57. The molecule has 4 heteroatoms. The third-order valence-electron chi connectivity index (χ3n) is 2.16. The second-order valence-electron chi connectivity index (χ2n) is 2.97. The molecule has 0 aromatic heterocycles. The lowest BCUT2D eigenvalue weighted by molar-refractivity contribution is 0.00598. The van der Waals surface area contributed by atoms with Gasteiger partial charge in [-0.1, -0.05) is 6.92 Å². The van der Waals surface area contributed by atoms with Crippen molar-refractivity contribution in [1.82, 2.24) is 5.32 Å². The number of nitrogens with one attached hydrogen (secondary N) is 1. The van der Waals surface area contributed by atoms with Gasteiger partial charge in [0.1, 0.15) is 0 Å². The molecule has 0 aliphatic carbocycles. The van der Waals surface area contributed by atoms with Gasteiger partial charge in [0.15, 0.2) is 0 Å². The first-order valence-corrected chi connectivity index (χ1v) is 3.94. The molecular formula is C7H15NO3. The van der Waals surface area contributed by atoms with Crippen LogP contribution in [0.2, 0.25) is 0 Å². The number of aliphatic hydroxyl groups is 3. The van der Waals surface area contributed by atoms with E-state index in [4.69, 9.17) is 5.11 Å². The molecule has 0 spiro atoms. The molecule has 1 rings (SSSR count). The van der Waals surface area contributed by atoms with Gasteiger partial charge in [-0.25, -0.2) is 0 Å². The monoisotopic (exact) mass is 161 g/mol. The van der Waals surface area contributed by atoms with Crippen molar-refractivity contribution in [2.45, 2.75) is 37.7 Å². The van der Waals surface area contributed by atoms with Crippen molar-refractivity contribution >= 4 is 0 Å². The molecule has 0 saturated carbocycles. The predicted molar refractivity (Wildman–Crippen MR) is 40.1 cm³/mol. The van der Waals surface area contributed by atoms with Crippen LogP contribution in [0, 0.1) is 0 Å². The molecule has 4 N–H and O–H groups in total. The molecule has 0 amide bonds. The Morgan fingerprint density at radius 3 is 2.55 bits per heavy atom. The third kappa shape index (κ3) is 1.70. The smallest absolute Gasteiger partial charge is 0.0989 e. The maximum atomic E-state index is 9.31. The van der Waals surface area contributed by atoms with Crippen LogP contribution in [0.4, 0.5) is 0 Å². The average Bonchev–Trinajstić information content (AvgIpc) is 2.32. The molecule has 1 saturated heterocycles. The van der Waals surface area contributed by atoms with Crippen molar-refractivity contribution in [2.75, 3.05) is 6.54 Å². The van der Waals surface area contributed by atoms with Crippen LogP contribution in [0.25, 0.3) is 0 Å². The molecule has 0 aromatic carbocycles. The fourth-order valence-corrected chi connectivity index (χ4v) is 1.36. The minimum atomic E-state index is -0.829. The summed E-state index contributed by atoms with van der Waals surface area (Å²) in [6.45, 7) is 2.20. The Morgan fingerprint density at radius 2 is 2.18 bits per heavy atom. The highest BCUT2D eigenvalue weighted by Crippen LogP contribution is 2.12.